The Morgan fingerprint density at radius 1 is 1.12 bits per heavy atom. The van der Waals surface area contributed by atoms with Crippen molar-refractivity contribution in [1.29, 1.82) is 0 Å². The summed E-state index contributed by atoms with van der Waals surface area (Å²) in [4.78, 5) is 5.03. The van der Waals surface area contributed by atoms with Crippen LogP contribution in [0.2, 0.25) is 0 Å². The fraction of sp³-hybridized carbons (Fsp3) is 0.591. The smallest absolute Gasteiger partial charge is 0.277 e. The Hall–Kier alpha value is -1.95. The lowest BCUT2D eigenvalue weighted by Crippen LogP contribution is -2.40. The van der Waals surface area contributed by atoms with Crippen LogP contribution in [0.4, 0.5) is 0 Å². The summed E-state index contributed by atoms with van der Waals surface area (Å²) < 4.78 is 40.9. The van der Waals surface area contributed by atoms with Gasteiger partial charge in [0.2, 0.25) is 15.9 Å². The van der Waals surface area contributed by atoms with Crippen LogP contribution in [-0.2, 0) is 27.1 Å². The van der Waals surface area contributed by atoms with E-state index in [1.165, 1.54) is 35.3 Å². The van der Waals surface area contributed by atoms with Crippen molar-refractivity contribution in [2.45, 2.75) is 67.4 Å². The Labute approximate surface area is 198 Å². The Bertz CT molecular complexity index is 1210. The molecule has 1 saturated carbocycles. The summed E-state index contributed by atoms with van der Waals surface area (Å²) in [5.74, 6) is 2.56. The normalized spacial score (nSPS) is 18.8. The van der Waals surface area contributed by atoms with Gasteiger partial charge >= 0.3 is 0 Å². The van der Waals surface area contributed by atoms with Gasteiger partial charge in [0.15, 0.2) is 0 Å². The molecule has 1 aliphatic carbocycles. The van der Waals surface area contributed by atoms with E-state index >= 15 is 0 Å². The number of hydrogen-bond acceptors (Lipinski definition) is 8. The number of benzene rings is 1. The topological polar surface area (TPSA) is 103 Å². The molecule has 3 heterocycles. The number of thioether (sulfide) groups is 1. The summed E-state index contributed by atoms with van der Waals surface area (Å²) in [5, 5.41) is 9.06. The van der Waals surface area contributed by atoms with E-state index in [4.69, 9.17) is 14.1 Å². The van der Waals surface area contributed by atoms with E-state index < -0.39 is 10.0 Å². The number of rotatable bonds is 7. The number of aromatic nitrogens is 4. The number of imidazole rings is 1. The number of sulfonamides is 1. The first-order valence-electron chi connectivity index (χ1n) is 11.6. The molecule has 0 unspecified atom stereocenters. The molecule has 33 heavy (non-hydrogen) atoms. The van der Waals surface area contributed by atoms with Gasteiger partial charge in [0.05, 0.1) is 34.9 Å². The average Bonchev–Trinajstić information content (AvgIpc) is 3.47. The van der Waals surface area contributed by atoms with Gasteiger partial charge in [-0.2, -0.15) is 4.31 Å². The molecule has 11 heteroatoms. The summed E-state index contributed by atoms with van der Waals surface area (Å²) >= 11 is 1.47. The van der Waals surface area contributed by atoms with Crippen LogP contribution in [0.5, 0.6) is 0 Å². The van der Waals surface area contributed by atoms with Crippen LogP contribution < -0.4 is 0 Å². The molecule has 9 nitrogen and oxygen atoms in total. The van der Waals surface area contributed by atoms with E-state index in [1.807, 2.05) is 6.07 Å². The Morgan fingerprint density at radius 2 is 1.91 bits per heavy atom. The second-order valence-electron chi connectivity index (χ2n) is 8.47. The van der Waals surface area contributed by atoms with Gasteiger partial charge in [0, 0.05) is 25.6 Å². The zero-order valence-corrected chi connectivity index (χ0v) is 20.4. The molecule has 5 rings (SSSR count). The standard InChI is InChI=1S/C22H29N5O4S2/c1-2-27-19-9-8-17(33(28,29)26-10-12-30-13-11-26)14-18(19)23-20(27)15-32-22-25-24-21(31-22)16-6-4-3-5-7-16/h8-9,14,16H,2-7,10-13,15H2,1H3. The van der Waals surface area contributed by atoms with E-state index in [2.05, 4.69) is 21.7 Å². The lowest BCUT2D eigenvalue weighted by molar-refractivity contribution is 0.0730. The minimum atomic E-state index is -3.56. The predicted molar refractivity (Wildman–Crippen MR) is 125 cm³/mol. The summed E-state index contributed by atoms with van der Waals surface area (Å²) in [6.07, 6.45) is 5.97. The molecule has 2 aromatic heterocycles. The summed E-state index contributed by atoms with van der Waals surface area (Å²) in [5.41, 5.74) is 1.60. The minimum Gasteiger partial charge on any atom is -0.416 e. The molecule has 0 radical (unpaired) electrons. The second-order valence-corrected chi connectivity index (χ2v) is 11.3. The third-order valence-electron chi connectivity index (χ3n) is 6.42. The van der Waals surface area contributed by atoms with Crippen LogP contribution in [0.15, 0.2) is 32.7 Å². The first-order valence-corrected chi connectivity index (χ1v) is 14.0. The average molecular weight is 492 g/mol. The van der Waals surface area contributed by atoms with Crippen LogP contribution in [0.3, 0.4) is 0 Å². The van der Waals surface area contributed by atoms with Gasteiger partial charge in [-0.3, -0.25) is 0 Å². The van der Waals surface area contributed by atoms with Crippen LogP contribution in [-0.4, -0.2) is 58.8 Å². The Kier molecular flexibility index (Phi) is 6.73. The summed E-state index contributed by atoms with van der Waals surface area (Å²) in [6, 6.07) is 5.20. The second kappa shape index (κ2) is 9.73. The molecule has 1 saturated heterocycles. The van der Waals surface area contributed by atoms with Gasteiger partial charge in [-0.25, -0.2) is 13.4 Å². The van der Waals surface area contributed by atoms with Gasteiger partial charge in [-0.05, 0) is 38.0 Å². The Balaban J connectivity index is 1.35. The fourth-order valence-electron chi connectivity index (χ4n) is 4.64. The van der Waals surface area contributed by atoms with E-state index in [-0.39, 0.29) is 4.90 Å². The monoisotopic (exact) mass is 491 g/mol. The molecule has 1 aromatic carbocycles. The van der Waals surface area contributed by atoms with E-state index in [9.17, 15) is 8.42 Å². The lowest BCUT2D eigenvalue weighted by atomic mass is 9.89. The fourth-order valence-corrected chi connectivity index (χ4v) is 6.78. The SMILES string of the molecule is CCn1c(CSc2nnc(C3CCCCC3)o2)nc2cc(S(=O)(=O)N3CCOCC3)ccc21. The van der Waals surface area contributed by atoms with Crippen LogP contribution in [0.25, 0.3) is 11.0 Å². The maximum atomic E-state index is 13.0. The van der Waals surface area contributed by atoms with Crippen molar-refractivity contribution < 1.29 is 17.6 Å². The number of nitrogens with zero attached hydrogens (tertiary/aromatic N) is 5. The minimum absolute atomic E-state index is 0.269. The molecule has 0 N–H and O–H groups in total. The van der Waals surface area contributed by atoms with Crippen molar-refractivity contribution in [3.05, 3.63) is 29.9 Å². The molecule has 3 aromatic rings. The maximum Gasteiger partial charge on any atom is 0.277 e. The molecule has 1 aliphatic heterocycles. The van der Waals surface area contributed by atoms with Gasteiger partial charge in [-0.1, -0.05) is 31.0 Å². The third-order valence-corrected chi connectivity index (χ3v) is 9.13. The predicted octanol–water partition coefficient (Wildman–Crippen LogP) is 3.80. The van der Waals surface area contributed by atoms with E-state index in [0.717, 1.165) is 36.6 Å². The molecular weight excluding hydrogens is 462 g/mol. The van der Waals surface area contributed by atoms with Crippen molar-refractivity contribution in [2.75, 3.05) is 26.3 Å². The highest BCUT2D eigenvalue weighted by Gasteiger charge is 2.27. The summed E-state index contributed by atoms with van der Waals surface area (Å²) in [7, 11) is -3.56. The van der Waals surface area contributed by atoms with Crippen molar-refractivity contribution in [1.82, 2.24) is 24.1 Å². The zero-order valence-electron chi connectivity index (χ0n) is 18.8. The van der Waals surface area contributed by atoms with Crippen LogP contribution in [0.1, 0.15) is 56.7 Å². The summed E-state index contributed by atoms with van der Waals surface area (Å²) in [6.45, 7) is 4.38. The highest BCUT2D eigenvalue weighted by Crippen LogP contribution is 2.34. The molecule has 2 aliphatic rings. The number of fused-ring (bicyclic) bond motifs is 1. The molecule has 0 spiro atoms. The van der Waals surface area contributed by atoms with Gasteiger partial charge in [0.25, 0.3) is 5.22 Å². The Morgan fingerprint density at radius 3 is 2.67 bits per heavy atom. The van der Waals surface area contributed by atoms with Gasteiger partial charge in [-0.15, -0.1) is 10.2 Å². The quantitative estimate of drug-likeness (QED) is 0.460. The molecule has 0 amide bonds. The largest absolute Gasteiger partial charge is 0.416 e. The molecule has 0 atom stereocenters. The highest BCUT2D eigenvalue weighted by atomic mass is 32.2. The number of hydrogen-bond donors (Lipinski definition) is 0. The molecule has 178 valence electrons. The van der Waals surface area contributed by atoms with Crippen molar-refractivity contribution in [3.63, 3.8) is 0 Å². The first-order chi connectivity index (χ1) is 16.1. The van der Waals surface area contributed by atoms with E-state index in [1.54, 1.807) is 12.1 Å². The number of ether oxygens (including phenoxy) is 1. The molecular formula is C22H29N5O4S2. The maximum absolute atomic E-state index is 13.0. The molecule has 2 fully saturated rings. The number of morpholine rings is 1. The van der Waals surface area contributed by atoms with Gasteiger partial charge < -0.3 is 13.7 Å². The van der Waals surface area contributed by atoms with Gasteiger partial charge in [0.1, 0.15) is 5.82 Å². The lowest BCUT2D eigenvalue weighted by Gasteiger charge is -2.26. The van der Waals surface area contributed by atoms with Crippen LogP contribution in [0, 0.1) is 0 Å². The number of aryl methyl sites for hydroxylation is 1. The zero-order chi connectivity index (χ0) is 22.8. The van der Waals surface area contributed by atoms with E-state index in [0.29, 0.717) is 48.7 Å². The van der Waals surface area contributed by atoms with Crippen molar-refractivity contribution >= 4 is 32.8 Å². The van der Waals surface area contributed by atoms with Crippen molar-refractivity contribution in [2.24, 2.45) is 0 Å². The van der Waals surface area contributed by atoms with Crippen molar-refractivity contribution in [3.8, 4) is 0 Å². The molecule has 0 bridgehead atoms. The highest BCUT2D eigenvalue weighted by molar-refractivity contribution is 7.98. The first kappa shape index (κ1) is 22.8. The van der Waals surface area contributed by atoms with Crippen LogP contribution >= 0.6 is 11.8 Å². The third kappa shape index (κ3) is 4.68.